The Morgan fingerprint density at radius 2 is 2.08 bits per heavy atom. The molecule has 2 heterocycles. The maximum atomic E-state index is 13.5. The standard InChI is InChI=1S/C17H13FN2O4S/c18-13-5-2-1-4-12(13)17(22)19-9-16(21)23-10-11-8-14(24-20-11)15-6-3-7-25-15/h1-8H,9-10H2,(H,19,22). The van der Waals surface area contributed by atoms with Crippen molar-refractivity contribution in [3.8, 4) is 10.6 Å². The van der Waals surface area contributed by atoms with E-state index in [-0.39, 0.29) is 18.7 Å². The van der Waals surface area contributed by atoms with Crippen molar-refractivity contribution in [3.05, 3.63) is 64.9 Å². The molecule has 0 spiro atoms. The van der Waals surface area contributed by atoms with Gasteiger partial charge in [0.2, 0.25) is 0 Å². The highest BCUT2D eigenvalue weighted by Crippen LogP contribution is 2.25. The van der Waals surface area contributed by atoms with Crippen molar-refractivity contribution >= 4 is 23.2 Å². The van der Waals surface area contributed by atoms with E-state index in [1.165, 1.54) is 35.6 Å². The predicted molar refractivity (Wildman–Crippen MR) is 88.3 cm³/mol. The minimum absolute atomic E-state index is 0.0801. The molecule has 0 aliphatic carbocycles. The first-order valence-corrected chi connectivity index (χ1v) is 8.19. The topological polar surface area (TPSA) is 81.4 Å². The highest BCUT2D eigenvalue weighted by atomic mass is 32.1. The van der Waals surface area contributed by atoms with Crippen molar-refractivity contribution in [1.29, 1.82) is 0 Å². The van der Waals surface area contributed by atoms with Gasteiger partial charge >= 0.3 is 5.97 Å². The number of carbonyl (C=O) groups excluding carboxylic acids is 2. The zero-order valence-corrected chi connectivity index (χ0v) is 13.7. The van der Waals surface area contributed by atoms with E-state index in [4.69, 9.17) is 9.26 Å². The summed E-state index contributed by atoms with van der Waals surface area (Å²) in [6.07, 6.45) is 0. The molecule has 25 heavy (non-hydrogen) atoms. The van der Waals surface area contributed by atoms with Gasteiger partial charge in [-0.3, -0.25) is 9.59 Å². The lowest BCUT2D eigenvalue weighted by Gasteiger charge is -2.06. The van der Waals surface area contributed by atoms with Crippen molar-refractivity contribution in [1.82, 2.24) is 10.5 Å². The molecular formula is C17H13FN2O4S. The van der Waals surface area contributed by atoms with Crippen LogP contribution >= 0.6 is 11.3 Å². The molecule has 2 aromatic heterocycles. The van der Waals surface area contributed by atoms with Crippen molar-refractivity contribution < 1.29 is 23.2 Å². The number of halogens is 1. The van der Waals surface area contributed by atoms with Gasteiger partial charge in [0, 0.05) is 6.07 Å². The van der Waals surface area contributed by atoms with Gasteiger partial charge in [-0.2, -0.15) is 0 Å². The van der Waals surface area contributed by atoms with Crippen molar-refractivity contribution in [2.45, 2.75) is 6.61 Å². The van der Waals surface area contributed by atoms with Crippen molar-refractivity contribution in [2.75, 3.05) is 6.54 Å². The molecule has 3 rings (SSSR count). The third-order valence-electron chi connectivity index (χ3n) is 3.22. The fourth-order valence-electron chi connectivity index (χ4n) is 2.01. The molecule has 0 unspecified atom stereocenters. The highest BCUT2D eigenvalue weighted by Gasteiger charge is 2.14. The Morgan fingerprint density at radius 1 is 1.24 bits per heavy atom. The molecule has 1 aromatic carbocycles. The summed E-state index contributed by atoms with van der Waals surface area (Å²) in [4.78, 5) is 24.4. The second-order valence-electron chi connectivity index (χ2n) is 4.98. The minimum Gasteiger partial charge on any atom is -0.458 e. The van der Waals surface area contributed by atoms with Gasteiger partial charge in [-0.1, -0.05) is 23.4 Å². The third kappa shape index (κ3) is 4.30. The minimum atomic E-state index is -0.684. The number of benzene rings is 1. The number of aromatic nitrogens is 1. The molecule has 1 amide bonds. The number of hydrogen-bond acceptors (Lipinski definition) is 6. The summed E-state index contributed by atoms with van der Waals surface area (Å²) in [7, 11) is 0. The Hall–Kier alpha value is -3.00. The van der Waals surface area contributed by atoms with E-state index < -0.39 is 17.7 Å². The van der Waals surface area contributed by atoms with Crippen molar-refractivity contribution in [3.63, 3.8) is 0 Å². The molecule has 0 aliphatic rings. The van der Waals surface area contributed by atoms with Gasteiger partial charge in [-0.05, 0) is 23.6 Å². The van der Waals surface area contributed by atoms with Gasteiger partial charge in [-0.25, -0.2) is 4.39 Å². The van der Waals surface area contributed by atoms with Crippen molar-refractivity contribution in [2.24, 2.45) is 0 Å². The first kappa shape index (κ1) is 16.8. The molecule has 6 nitrogen and oxygen atoms in total. The molecule has 0 saturated carbocycles. The monoisotopic (exact) mass is 360 g/mol. The molecule has 1 N–H and O–H groups in total. The largest absolute Gasteiger partial charge is 0.458 e. The Bertz CT molecular complexity index is 876. The lowest BCUT2D eigenvalue weighted by Crippen LogP contribution is -2.31. The van der Waals surface area contributed by atoms with E-state index in [2.05, 4.69) is 10.5 Å². The molecule has 0 saturated heterocycles. The van der Waals surface area contributed by atoms with Gasteiger partial charge in [0.15, 0.2) is 5.76 Å². The summed E-state index contributed by atoms with van der Waals surface area (Å²) in [5, 5.41) is 8.04. The van der Waals surface area contributed by atoms with Crippen LogP contribution < -0.4 is 5.32 Å². The number of carbonyl (C=O) groups is 2. The maximum absolute atomic E-state index is 13.5. The van der Waals surface area contributed by atoms with Crippen LogP contribution in [-0.4, -0.2) is 23.6 Å². The lowest BCUT2D eigenvalue weighted by molar-refractivity contribution is -0.143. The Balaban J connectivity index is 1.47. The lowest BCUT2D eigenvalue weighted by atomic mass is 10.2. The average molecular weight is 360 g/mol. The summed E-state index contributed by atoms with van der Waals surface area (Å²) in [6.45, 7) is -0.452. The van der Waals surface area contributed by atoms with Crippen LogP contribution in [0.25, 0.3) is 10.6 Å². The molecule has 0 aliphatic heterocycles. The average Bonchev–Trinajstić information content (AvgIpc) is 3.29. The van der Waals surface area contributed by atoms with E-state index in [0.29, 0.717) is 11.5 Å². The summed E-state index contributed by atoms with van der Waals surface area (Å²) in [5.74, 6) is -1.41. The first-order chi connectivity index (χ1) is 12.1. The summed E-state index contributed by atoms with van der Waals surface area (Å²) < 4.78 is 23.6. The quantitative estimate of drug-likeness (QED) is 0.684. The van der Waals surface area contributed by atoms with E-state index in [1.54, 1.807) is 6.07 Å². The maximum Gasteiger partial charge on any atom is 0.325 e. The summed E-state index contributed by atoms with van der Waals surface area (Å²) in [5.41, 5.74) is 0.324. The second kappa shape index (κ2) is 7.71. The number of nitrogens with zero attached hydrogens (tertiary/aromatic N) is 1. The fraction of sp³-hybridized carbons (Fsp3) is 0.118. The Labute approximate surface area is 146 Å². The van der Waals surface area contributed by atoms with E-state index in [9.17, 15) is 14.0 Å². The smallest absolute Gasteiger partial charge is 0.325 e. The van der Waals surface area contributed by atoms with Gasteiger partial charge in [0.25, 0.3) is 5.91 Å². The Kier molecular flexibility index (Phi) is 5.20. The molecular weight excluding hydrogens is 347 g/mol. The first-order valence-electron chi connectivity index (χ1n) is 7.31. The van der Waals surface area contributed by atoms with Crippen LogP contribution in [0, 0.1) is 5.82 Å². The third-order valence-corrected chi connectivity index (χ3v) is 4.10. The predicted octanol–water partition coefficient (Wildman–Crippen LogP) is 3.02. The zero-order chi connectivity index (χ0) is 17.6. The van der Waals surface area contributed by atoms with Crippen LogP contribution in [0.15, 0.2) is 52.4 Å². The van der Waals surface area contributed by atoms with Gasteiger partial charge < -0.3 is 14.6 Å². The molecule has 3 aromatic rings. The molecule has 0 atom stereocenters. The number of esters is 1. The zero-order valence-electron chi connectivity index (χ0n) is 12.9. The van der Waals surface area contributed by atoms with Crippen LogP contribution in [-0.2, 0) is 16.1 Å². The molecule has 0 bridgehead atoms. The summed E-state index contributed by atoms with van der Waals surface area (Å²) >= 11 is 1.50. The van der Waals surface area contributed by atoms with Crippen LogP contribution in [0.5, 0.6) is 0 Å². The highest BCUT2D eigenvalue weighted by molar-refractivity contribution is 7.13. The number of rotatable bonds is 6. The SMILES string of the molecule is O=C(CNC(=O)c1ccccc1F)OCc1cc(-c2cccs2)on1. The molecule has 0 fully saturated rings. The molecule has 128 valence electrons. The fourth-order valence-corrected chi connectivity index (χ4v) is 2.69. The molecule has 0 radical (unpaired) electrons. The normalized spacial score (nSPS) is 10.4. The van der Waals surface area contributed by atoms with Crippen LogP contribution in [0.4, 0.5) is 4.39 Å². The van der Waals surface area contributed by atoms with E-state index in [1.807, 2.05) is 17.5 Å². The van der Waals surface area contributed by atoms with Crippen LogP contribution in [0.1, 0.15) is 16.1 Å². The number of ether oxygens (including phenoxy) is 1. The van der Waals surface area contributed by atoms with Crippen LogP contribution in [0.3, 0.4) is 0 Å². The van der Waals surface area contributed by atoms with E-state index in [0.717, 1.165) is 4.88 Å². The number of hydrogen-bond donors (Lipinski definition) is 1. The molecule has 8 heteroatoms. The Morgan fingerprint density at radius 3 is 2.84 bits per heavy atom. The second-order valence-corrected chi connectivity index (χ2v) is 5.93. The van der Waals surface area contributed by atoms with Gasteiger partial charge in [0.05, 0.1) is 10.4 Å². The van der Waals surface area contributed by atoms with Gasteiger partial charge in [0.1, 0.15) is 24.7 Å². The number of nitrogens with one attached hydrogen (secondary N) is 1. The number of amides is 1. The van der Waals surface area contributed by atoms with Crippen LogP contribution in [0.2, 0.25) is 0 Å². The number of thiophene rings is 1. The summed E-state index contributed by atoms with van der Waals surface area (Å²) in [6, 6.07) is 11.0. The van der Waals surface area contributed by atoms with E-state index >= 15 is 0 Å². The van der Waals surface area contributed by atoms with Gasteiger partial charge in [-0.15, -0.1) is 11.3 Å².